The van der Waals surface area contributed by atoms with Gasteiger partial charge in [0.15, 0.2) is 0 Å². The second kappa shape index (κ2) is 2.57. The number of terminal acetylenes is 1. The van der Waals surface area contributed by atoms with Gasteiger partial charge in [-0.1, -0.05) is 6.58 Å². The number of rotatable bonds is 1. The van der Waals surface area contributed by atoms with Crippen LogP contribution >= 0.6 is 0 Å². The number of ether oxygens (including phenoxy) is 1. The number of carbonyl (C=O) groups excluding carboxylic acids is 1. The summed E-state index contributed by atoms with van der Waals surface area (Å²) in [7, 11) is 0. The Hall–Kier alpha value is -1.23. The van der Waals surface area contributed by atoms with E-state index in [1.165, 1.54) is 0 Å². The van der Waals surface area contributed by atoms with Crippen LogP contribution in [0.2, 0.25) is 0 Å². The molecule has 0 radical (unpaired) electrons. The van der Waals surface area contributed by atoms with Gasteiger partial charge in [-0.3, -0.25) is 4.79 Å². The summed E-state index contributed by atoms with van der Waals surface area (Å²) in [5.74, 6) is 2.58. The smallest absolute Gasteiger partial charge is 0.315 e. The van der Waals surface area contributed by atoms with Crippen molar-refractivity contribution in [3.05, 3.63) is 12.3 Å². The molecule has 0 N–H and O–H groups in total. The van der Waals surface area contributed by atoms with E-state index in [2.05, 4.69) is 12.5 Å². The van der Waals surface area contributed by atoms with E-state index in [0.717, 1.165) is 0 Å². The second-order valence-electron chi connectivity index (χ2n) is 2.27. The largest absolute Gasteiger partial charge is 0.431 e. The highest BCUT2D eigenvalue weighted by molar-refractivity contribution is 5.76. The molecule has 0 bridgehead atoms. The molecule has 2 nitrogen and oxygen atoms in total. The maximum atomic E-state index is 10.8. The van der Waals surface area contributed by atoms with E-state index in [4.69, 9.17) is 11.2 Å². The highest BCUT2D eigenvalue weighted by atomic mass is 16.5. The molecule has 0 aliphatic carbocycles. The average Bonchev–Trinajstić information content (AvgIpc) is 2.13. The summed E-state index contributed by atoms with van der Waals surface area (Å²) in [6.45, 7) is 3.53. The van der Waals surface area contributed by atoms with Crippen molar-refractivity contribution in [1.29, 1.82) is 0 Å². The van der Waals surface area contributed by atoms with Crippen LogP contribution < -0.4 is 0 Å². The van der Waals surface area contributed by atoms with Crippen LogP contribution in [0.3, 0.4) is 0 Å². The molecule has 1 saturated heterocycles. The molecule has 1 heterocycles. The van der Waals surface area contributed by atoms with Gasteiger partial charge in [0.05, 0.1) is 5.92 Å². The maximum Gasteiger partial charge on any atom is 0.315 e. The van der Waals surface area contributed by atoms with Crippen molar-refractivity contribution in [2.45, 2.75) is 12.8 Å². The SMILES string of the molecule is C#CCC1CC(=C)OC1=O. The van der Waals surface area contributed by atoms with Gasteiger partial charge in [0.2, 0.25) is 0 Å². The van der Waals surface area contributed by atoms with Gasteiger partial charge in [-0.25, -0.2) is 0 Å². The lowest BCUT2D eigenvalue weighted by Crippen LogP contribution is -2.05. The van der Waals surface area contributed by atoms with Crippen LogP contribution in [0.25, 0.3) is 0 Å². The molecule has 0 amide bonds. The van der Waals surface area contributed by atoms with Crippen LogP contribution in [-0.2, 0) is 9.53 Å². The van der Waals surface area contributed by atoms with E-state index in [9.17, 15) is 4.79 Å². The maximum absolute atomic E-state index is 10.8. The number of esters is 1. The van der Waals surface area contributed by atoms with Crippen molar-refractivity contribution in [3.8, 4) is 12.3 Å². The summed E-state index contributed by atoms with van der Waals surface area (Å²) >= 11 is 0. The van der Waals surface area contributed by atoms with Crippen molar-refractivity contribution in [1.82, 2.24) is 0 Å². The molecule has 1 rings (SSSR count). The first-order valence-electron chi connectivity index (χ1n) is 3.07. The Morgan fingerprint density at radius 3 is 3.00 bits per heavy atom. The monoisotopic (exact) mass is 136 g/mol. The lowest BCUT2D eigenvalue weighted by molar-refractivity contribution is -0.138. The Labute approximate surface area is 59.9 Å². The fourth-order valence-electron chi connectivity index (χ4n) is 0.923. The minimum Gasteiger partial charge on any atom is -0.431 e. The summed E-state index contributed by atoms with van der Waals surface area (Å²) in [5.41, 5.74) is 0. The third-order valence-electron chi connectivity index (χ3n) is 1.42. The molecule has 0 aromatic heterocycles. The third-order valence-corrected chi connectivity index (χ3v) is 1.42. The van der Waals surface area contributed by atoms with Crippen LogP contribution in [0.15, 0.2) is 12.3 Å². The first-order chi connectivity index (χ1) is 4.74. The van der Waals surface area contributed by atoms with E-state index in [-0.39, 0.29) is 11.9 Å². The van der Waals surface area contributed by atoms with Crippen LogP contribution in [0, 0.1) is 18.3 Å². The molecule has 2 heteroatoms. The first kappa shape index (κ1) is 6.88. The van der Waals surface area contributed by atoms with Crippen molar-refractivity contribution >= 4 is 5.97 Å². The molecule has 0 saturated carbocycles. The second-order valence-corrected chi connectivity index (χ2v) is 2.27. The molecule has 1 aliphatic rings. The molecule has 10 heavy (non-hydrogen) atoms. The number of allylic oxidation sites excluding steroid dienone is 1. The Kier molecular flexibility index (Phi) is 1.77. The van der Waals surface area contributed by atoms with Crippen molar-refractivity contribution in [2.24, 2.45) is 5.92 Å². The van der Waals surface area contributed by atoms with Crippen molar-refractivity contribution in [3.63, 3.8) is 0 Å². The summed E-state index contributed by atoms with van der Waals surface area (Å²) in [5, 5.41) is 0. The summed E-state index contributed by atoms with van der Waals surface area (Å²) in [6.07, 6.45) is 6.07. The Morgan fingerprint density at radius 1 is 1.90 bits per heavy atom. The Balaban J connectivity index is 2.56. The predicted octanol–water partition coefficient (Wildman–Crippen LogP) is 1.09. The normalized spacial score (nSPS) is 24.1. The van der Waals surface area contributed by atoms with Gasteiger partial charge >= 0.3 is 5.97 Å². The molecule has 0 spiro atoms. The predicted molar refractivity (Wildman–Crippen MR) is 36.8 cm³/mol. The van der Waals surface area contributed by atoms with Crippen molar-refractivity contribution < 1.29 is 9.53 Å². The van der Waals surface area contributed by atoms with Crippen LogP contribution in [0.1, 0.15) is 12.8 Å². The number of hydrogen-bond donors (Lipinski definition) is 0. The quantitative estimate of drug-likeness (QED) is 0.398. The van der Waals surface area contributed by atoms with Crippen LogP contribution in [0.5, 0.6) is 0 Å². The van der Waals surface area contributed by atoms with Crippen LogP contribution in [0.4, 0.5) is 0 Å². The van der Waals surface area contributed by atoms with Crippen molar-refractivity contribution in [2.75, 3.05) is 0 Å². The van der Waals surface area contributed by atoms with Gasteiger partial charge in [0.25, 0.3) is 0 Å². The molecular formula is C8H8O2. The molecule has 52 valence electrons. The number of cyclic esters (lactones) is 1. The lowest BCUT2D eigenvalue weighted by atomic mass is 10.0. The van der Waals surface area contributed by atoms with E-state index in [0.29, 0.717) is 18.6 Å². The Morgan fingerprint density at radius 2 is 2.60 bits per heavy atom. The van der Waals surface area contributed by atoms with Gasteiger partial charge in [0.1, 0.15) is 5.76 Å². The first-order valence-corrected chi connectivity index (χ1v) is 3.07. The number of carbonyl (C=O) groups is 1. The van der Waals surface area contributed by atoms with E-state index < -0.39 is 0 Å². The minimum atomic E-state index is -0.233. The molecule has 1 aliphatic heterocycles. The van der Waals surface area contributed by atoms with Crippen LogP contribution in [-0.4, -0.2) is 5.97 Å². The standard InChI is InChI=1S/C8H8O2/c1-3-4-7-5-6(2)10-8(7)9/h1,7H,2,4-5H2. The highest BCUT2D eigenvalue weighted by Gasteiger charge is 2.28. The van der Waals surface area contributed by atoms with Gasteiger partial charge in [-0.15, -0.1) is 12.3 Å². The molecule has 0 aromatic rings. The summed E-state index contributed by atoms with van der Waals surface area (Å²) < 4.78 is 4.70. The summed E-state index contributed by atoms with van der Waals surface area (Å²) in [6, 6.07) is 0. The fraction of sp³-hybridized carbons (Fsp3) is 0.375. The van der Waals surface area contributed by atoms with Gasteiger partial charge in [0, 0.05) is 12.8 Å². The van der Waals surface area contributed by atoms with E-state index in [1.807, 2.05) is 0 Å². The lowest BCUT2D eigenvalue weighted by Gasteiger charge is -1.94. The fourth-order valence-corrected chi connectivity index (χ4v) is 0.923. The molecule has 1 fully saturated rings. The number of hydrogen-bond acceptors (Lipinski definition) is 2. The molecule has 1 unspecified atom stereocenters. The molecule has 0 aromatic carbocycles. The molecule has 1 atom stereocenters. The van der Waals surface area contributed by atoms with Gasteiger partial charge in [-0.2, -0.15) is 0 Å². The zero-order valence-electron chi connectivity index (χ0n) is 5.59. The Bertz CT molecular complexity index is 210. The zero-order valence-corrected chi connectivity index (χ0v) is 5.59. The van der Waals surface area contributed by atoms with Gasteiger partial charge < -0.3 is 4.74 Å². The highest BCUT2D eigenvalue weighted by Crippen LogP contribution is 2.24. The average molecular weight is 136 g/mol. The van der Waals surface area contributed by atoms with E-state index >= 15 is 0 Å². The zero-order chi connectivity index (χ0) is 7.56. The topological polar surface area (TPSA) is 26.3 Å². The minimum absolute atomic E-state index is 0.141. The van der Waals surface area contributed by atoms with Gasteiger partial charge in [-0.05, 0) is 0 Å². The molecular weight excluding hydrogens is 128 g/mol. The summed E-state index contributed by atoms with van der Waals surface area (Å²) in [4.78, 5) is 10.8. The van der Waals surface area contributed by atoms with E-state index in [1.54, 1.807) is 0 Å². The third kappa shape index (κ3) is 1.19.